The monoisotopic (exact) mass is 366 g/mol. The van der Waals surface area contributed by atoms with Crippen LogP contribution in [0.4, 0.5) is 4.79 Å². The second-order valence-corrected chi connectivity index (χ2v) is 7.40. The van der Waals surface area contributed by atoms with E-state index in [1.165, 1.54) is 21.8 Å². The molecule has 130 valence electrons. The summed E-state index contributed by atoms with van der Waals surface area (Å²) in [4.78, 5) is 43.9. The van der Waals surface area contributed by atoms with E-state index >= 15 is 0 Å². The zero-order valence-electron chi connectivity index (χ0n) is 13.6. The van der Waals surface area contributed by atoms with Gasteiger partial charge in [-0.15, -0.1) is 11.3 Å². The molecule has 1 atom stereocenters. The quantitative estimate of drug-likeness (QED) is 0.699. The molecule has 8 heteroatoms. The number of carbonyl (C=O) groups is 2. The fourth-order valence-corrected chi connectivity index (χ4v) is 4.60. The molecule has 1 aliphatic carbocycles. The highest BCUT2D eigenvalue weighted by molar-refractivity contribution is 7.15. The van der Waals surface area contributed by atoms with Gasteiger partial charge in [0.2, 0.25) is 0 Å². The zero-order chi connectivity index (χ0) is 17.9. The van der Waals surface area contributed by atoms with Crippen molar-refractivity contribution in [1.29, 1.82) is 0 Å². The lowest BCUT2D eigenvalue weighted by atomic mass is 9.92. The Labute approximate surface area is 151 Å². The van der Waals surface area contributed by atoms with Gasteiger partial charge in [-0.1, -0.05) is 24.3 Å². The topological polar surface area (TPSA) is 83.8 Å². The van der Waals surface area contributed by atoms with Gasteiger partial charge in [0.15, 0.2) is 4.96 Å². The standard InChI is InChI=1S/C18H14N4O3S/c23-14-9-12(19-17-21(14)7-8-26-17)10-22-15(24)18(20-16(22)25)6-5-11-3-1-2-4-13(11)18/h1-4,7-9H,5-6,10H2,(H,20,25)/t18-/m0/s1. The Bertz CT molecular complexity index is 1130. The molecule has 0 unspecified atom stereocenters. The Morgan fingerprint density at radius 1 is 1.23 bits per heavy atom. The van der Waals surface area contributed by atoms with Crippen LogP contribution in [0.1, 0.15) is 23.2 Å². The minimum absolute atomic E-state index is 0.0157. The second-order valence-electron chi connectivity index (χ2n) is 6.53. The Morgan fingerprint density at radius 2 is 2.08 bits per heavy atom. The highest BCUT2D eigenvalue weighted by Crippen LogP contribution is 2.41. The van der Waals surface area contributed by atoms with Crippen LogP contribution >= 0.6 is 11.3 Å². The number of imide groups is 1. The summed E-state index contributed by atoms with van der Waals surface area (Å²) in [6.45, 7) is -0.0157. The fourth-order valence-electron chi connectivity index (χ4n) is 3.86. The molecule has 0 radical (unpaired) electrons. The third kappa shape index (κ3) is 1.99. The van der Waals surface area contributed by atoms with Crippen molar-refractivity contribution in [2.45, 2.75) is 24.9 Å². The summed E-state index contributed by atoms with van der Waals surface area (Å²) in [6, 6.07) is 8.62. The van der Waals surface area contributed by atoms with Gasteiger partial charge in [-0.3, -0.25) is 18.9 Å². The maximum absolute atomic E-state index is 13.1. The molecule has 1 aliphatic heterocycles. The minimum Gasteiger partial charge on any atom is -0.319 e. The van der Waals surface area contributed by atoms with Crippen molar-refractivity contribution in [2.24, 2.45) is 0 Å². The lowest BCUT2D eigenvalue weighted by molar-refractivity contribution is -0.132. The average molecular weight is 366 g/mol. The first kappa shape index (κ1) is 15.3. The van der Waals surface area contributed by atoms with Crippen molar-refractivity contribution >= 4 is 28.2 Å². The molecule has 1 N–H and O–H groups in total. The highest BCUT2D eigenvalue weighted by atomic mass is 32.1. The van der Waals surface area contributed by atoms with E-state index < -0.39 is 11.6 Å². The van der Waals surface area contributed by atoms with Crippen LogP contribution in [0.2, 0.25) is 0 Å². The lowest BCUT2D eigenvalue weighted by Crippen LogP contribution is -2.41. The van der Waals surface area contributed by atoms with Gasteiger partial charge in [-0.25, -0.2) is 9.78 Å². The molecule has 3 heterocycles. The largest absolute Gasteiger partial charge is 0.325 e. The number of aryl methyl sites for hydroxylation is 1. The van der Waals surface area contributed by atoms with E-state index in [-0.39, 0.29) is 18.0 Å². The molecule has 3 aromatic rings. The predicted molar refractivity (Wildman–Crippen MR) is 94.9 cm³/mol. The number of aromatic nitrogens is 2. The van der Waals surface area contributed by atoms with E-state index in [2.05, 4.69) is 10.3 Å². The van der Waals surface area contributed by atoms with Gasteiger partial charge in [-0.05, 0) is 24.0 Å². The molecular formula is C18H14N4O3S. The first-order valence-electron chi connectivity index (χ1n) is 8.27. The molecule has 0 bridgehead atoms. The zero-order valence-corrected chi connectivity index (χ0v) is 14.5. The van der Waals surface area contributed by atoms with Crippen LogP contribution in [-0.2, 0) is 23.3 Å². The van der Waals surface area contributed by atoms with E-state index in [9.17, 15) is 14.4 Å². The summed E-state index contributed by atoms with van der Waals surface area (Å²) in [5.41, 5.74) is 1.14. The van der Waals surface area contributed by atoms with Crippen molar-refractivity contribution in [1.82, 2.24) is 19.6 Å². The number of hydrogen-bond donors (Lipinski definition) is 1. The number of rotatable bonds is 2. The minimum atomic E-state index is -0.990. The number of carbonyl (C=O) groups excluding carboxylic acids is 2. The van der Waals surface area contributed by atoms with Crippen LogP contribution in [0.5, 0.6) is 0 Å². The molecule has 26 heavy (non-hydrogen) atoms. The number of hydrogen-bond acceptors (Lipinski definition) is 5. The third-order valence-electron chi connectivity index (χ3n) is 5.10. The van der Waals surface area contributed by atoms with Gasteiger partial charge >= 0.3 is 6.03 Å². The van der Waals surface area contributed by atoms with Crippen molar-refractivity contribution < 1.29 is 9.59 Å². The molecule has 2 aromatic heterocycles. The Hall–Kier alpha value is -3.00. The van der Waals surface area contributed by atoms with Crippen molar-refractivity contribution in [3.63, 3.8) is 0 Å². The molecule has 0 saturated carbocycles. The molecule has 7 nitrogen and oxygen atoms in total. The van der Waals surface area contributed by atoms with Crippen molar-refractivity contribution in [3.05, 3.63) is 69.1 Å². The maximum Gasteiger partial charge on any atom is 0.325 e. The van der Waals surface area contributed by atoms with Crippen LogP contribution in [-0.4, -0.2) is 26.2 Å². The van der Waals surface area contributed by atoms with Crippen molar-refractivity contribution in [3.8, 4) is 0 Å². The van der Waals surface area contributed by atoms with E-state index in [4.69, 9.17) is 0 Å². The van der Waals surface area contributed by atoms with Gasteiger partial charge in [0.25, 0.3) is 11.5 Å². The number of nitrogens with one attached hydrogen (secondary N) is 1. The van der Waals surface area contributed by atoms with E-state index in [1.54, 1.807) is 11.6 Å². The Kier molecular flexibility index (Phi) is 3.08. The van der Waals surface area contributed by atoms with Crippen LogP contribution in [0, 0.1) is 0 Å². The predicted octanol–water partition coefficient (Wildman–Crippen LogP) is 1.65. The number of fused-ring (bicyclic) bond motifs is 3. The molecular weight excluding hydrogens is 352 g/mol. The maximum atomic E-state index is 13.1. The summed E-state index contributed by atoms with van der Waals surface area (Å²) < 4.78 is 1.44. The van der Waals surface area contributed by atoms with Crippen molar-refractivity contribution in [2.75, 3.05) is 0 Å². The fraction of sp³-hybridized carbons (Fsp3) is 0.222. The van der Waals surface area contributed by atoms with Crippen LogP contribution in [0.3, 0.4) is 0 Å². The molecule has 5 rings (SSSR count). The summed E-state index contributed by atoms with van der Waals surface area (Å²) >= 11 is 1.33. The van der Waals surface area contributed by atoms with E-state index in [0.717, 1.165) is 22.4 Å². The Morgan fingerprint density at radius 3 is 2.96 bits per heavy atom. The van der Waals surface area contributed by atoms with Gasteiger partial charge in [0.1, 0.15) is 5.54 Å². The number of nitrogens with zero attached hydrogens (tertiary/aromatic N) is 3. The molecule has 1 spiro atoms. The molecule has 3 amide bonds. The Balaban J connectivity index is 1.52. The second kappa shape index (κ2) is 5.25. The van der Waals surface area contributed by atoms with Gasteiger partial charge in [0.05, 0.1) is 12.2 Å². The molecule has 1 aromatic carbocycles. The van der Waals surface area contributed by atoms with Crippen LogP contribution < -0.4 is 10.9 Å². The molecule has 1 fully saturated rings. The normalized spacial score (nSPS) is 21.6. The number of amides is 3. The first-order valence-corrected chi connectivity index (χ1v) is 9.15. The lowest BCUT2D eigenvalue weighted by Gasteiger charge is -2.22. The van der Waals surface area contributed by atoms with Gasteiger partial charge < -0.3 is 5.32 Å². The molecule has 2 aliphatic rings. The van der Waals surface area contributed by atoms with Gasteiger partial charge in [-0.2, -0.15) is 0 Å². The van der Waals surface area contributed by atoms with Gasteiger partial charge in [0, 0.05) is 17.6 Å². The average Bonchev–Trinajstić information content (AvgIpc) is 3.30. The summed E-state index contributed by atoms with van der Waals surface area (Å²) in [5, 5.41) is 4.65. The van der Waals surface area contributed by atoms with E-state index in [0.29, 0.717) is 17.1 Å². The SMILES string of the molecule is O=C1N[C@]2(CCc3ccccc32)C(=O)N1Cc1cc(=O)n2ccsc2n1. The number of thiazole rings is 1. The first-order chi connectivity index (χ1) is 12.6. The summed E-state index contributed by atoms with van der Waals surface area (Å²) in [6.07, 6.45) is 2.95. The molecule has 1 saturated heterocycles. The number of benzene rings is 1. The number of urea groups is 1. The highest BCUT2D eigenvalue weighted by Gasteiger charge is 2.55. The van der Waals surface area contributed by atoms with E-state index in [1.807, 2.05) is 24.3 Å². The summed E-state index contributed by atoms with van der Waals surface area (Å²) in [5.74, 6) is -0.277. The third-order valence-corrected chi connectivity index (χ3v) is 5.86. The van der Waals surface area contributed by atoms with Crippen LogP contribution in [0.15, 0.2) is 46.7 Å². The smallest absolute Gasteiger partial charge is 0.319 e. The summed E-state index contributed by atoms with van der Waals surface area (Å²) in [7, 11) is 0. The van der Waals surface area contributed by atoms with Crippen LogP contribution in [0.25, 0.3) is 4.96 Å².